The highest BCUT2D eigenvalue weighted by Crippen LogP contribution is 2.33. The molecule has 0 aliphatic rings. The Kier molecular flexibility index (Phi) is 3.46. The summed E-state index contributed by atoms with van der Waals surface area (Å²) in [7, 11) is 0. The van der Waals surface area contributed by atoms with E-state index in [1.54, 1.807) is 12.1 Å². The predicted octanol–water partition coefficient (Wildman–Crippen LogP) is 4.91. The molecule has 1 aromatic carbocycles. The molecule has 0 fully saturated rings. The number of hydrogen-bond acceptors (Lipinski definition) is 4. The molecule has 0 unspecified atom stereocenters. The number of fused-ring (bicyclic) bond motifs is 1. The molecule has 0 radical (unpaired) electrons. The lowest BCUT2D eigenvalue weighted by molar-refractivity contribution is -0.274. The molecule has 3 nitrogen and oxygen atoms in total. The third-order valence-electron chi connectivity index (χ3n) is 2.62. The molecule has 108 valence electrons. The van der Waals surface area contributed by atoms with Crippen LogP contribution in [0.2, 0.25) is 5.28 Å². The van der Waals surface area contributed by atoms with Gasteiger partial charge in [0.2, 0.25) is 5.28 Å². The molecular formula is C13H6ClF3N2OS. The molecule has 2 aromatic heterocycles. The van der Waals surface area contributed by atoms with Gasteiger partial charge in [-0.3, -0.25) is 0 Å². The van der Waals surface area contributed by atoms with E-state index in [4.69, 9.17) is 11.6 Å². The highest BCUT2D eigenvalue weighted by Gasteiger charge is 2.31. The van der Waals surface area contributed by atoms with Crippen molar-refractivity contribution < 1.29 is 17.9 Å². The van der Waals surface area contributed by atoms with E-state index in [1.807, 2.05) is 5.38 Å². The maximum Gasteiger partial charge on any atom is 0.573 e. The van der Waals surface area contributed by atoms with E-state index in [9.17, 15) is 13.2 Å². The van der Waals surface area contributed by atoms with Crippen molar-refractivity contribution in [1.82, 2.24) is 9.97 Å². The number of ether oxygens (including phenoxy) is 1. The fraction of sp³-hybridized carbons (Fsp3) is 0.0769. The SMILES string of the molecule is FC(F)(F)Oc1cccc(-c2nc(Cl)nc3ccsc23)c1. The second kappa shape index (κ2) is 5.16. The van der Waals surface area contributed by atoms with E-state index in [2.05, 4.69) is 14.7 Å². The monoisotopic (exact) mass is 330 g/mol. The maximum atomic E-state index is 12.3. The Bertz CT molecular complexity index is 803. The lowest BCUT2D eigenvalue weighted by Crippen LogP contribution is -2.17. The molecular weight excluding hydrogens is 325 g/mol. The number of hydrogen-bond donors (Lipinski definition) is 0. The normalized spacial score (nSPS) is 11.8. The molecule has 0 bridgehead atoms. The number of aromatic nitrogens is 2. The van der Waals surface area contributed by atoms with Gasteiger partial charge < -0.3 is 4.74 Å². The average molecular weight is 331 g/mol. The van der Waals surface area contributed by atoms with Gasteiger partial charge in [0, 0.05) is 5.56 Å². The summed E-state index contributed by atoms with van der Waals surface area (Å²) in [6.07, 6.45) is -4.74. The minimum atomic E-state index is -4.74. The van der Waals surface area contributed by atoms with E-state index in [0.717, 1.165) is 4.70 Å². The van der Waals surface area contributed by atoms with Crippen molar-refractivity contribution in [3.63, 3.8) is 0 Å². The van der Waals surface area contributed by atoms with Gasteiger partial charge in [-0.05, 0) is 35.2 Å². The van der Waals surface area contributed by atoms with Gasteiger partial charge in [0.15, 0.2) is 0 Å². The van der Waals surface area contributed by atoms with Gasteiger partial charge in [0.25, 0.3) is 0 Å². The number of nitrogens with zero attached hydrogens (tertiary/aromatic N) is 2. The van der Waals surface area contributed by atoms with Crippen molar-refractivity contribution in [2.75, 3.05) is 0 Å². The summed E-state index contributed by atoms with van der Waals surface area (Å²) in [5.74, 6) is -0.306. The second-order valence-corrected chi connectivity index (χ2v) is 5.31. The summed E-state index contributed by atoms with van der Waals surface area (Å²) in [5.41, 5.74) is 1.61. The first-order chi connectivity index (χ1) is 9.92. The van der Waals surface area contributed by atoms with E-state index >= 15 is 0 Å². The first-order valence-corrected chi connectivity index (χ1v) is 6.95. The first-order valence-electron chi connectivity index (χ1n) is 5.69. The van der Waals surface area contributed by atoms with Gasteiger partial charge in [0.1, 0.15) is 5.75 Å². The van der Waals surface area contributed by atoms with Gasteiger partial charge in [-0.2, -0.15) is 0 Å². The Balaban J connectivity index is 2.10. The van der Waals surface area contributed by atoms with Crippen LogP contribution in [0, 0.1) is 0 Å². The number of alkyl halides is 3. The molecule has 0 atom stereocenters. The van der Waals surface area contributed by atoms with Crippen LogP contribution in [0.1, 0.15) is 0 Å². The summed E-state index contributed by atoms with van der Waals surface area (Å²) < 4.78 is 41.5. The zero-order valence-electron chi connectivity index (χ0n) is 10.2. The number of halogens is 4. The van der Waals surface area contributed by atoms with Gasteiger partial charge in [-0.15, -0.1) is 24.5 Å². The van der Waals surface area contributed by atoms with Crippen molar-refractivity contribution in [2.45, 2.75) is 6.36 Å². The molecule has 0 aliphatic heterocycles. The molecule has 0 aliphatic carbocycles. The highest BCUT2D eigenvalue weighted by atomic mass is 35.5. The number of thiophene rings is 1. The molecule has 3 rings (SSSR count). The molecule has 8 heteroatoms. The third kappa shape index (κ3) is 3.08. The van der Waals surface area contributed by atoms with Crippen LogP contribution in [-0.2, 0) is 0 Å². The minimum Gasteiger partial charge on any atom is -0.406 e. The zero-order valence-corrected chi connectivity index (χ0v) is 11.8. The Morgan fingerprint density at radius 3 is 2.71 bits per heavy atom. The lowest BCUT2D eigenvalue weighted by Gasteiger charge is -2.10. The van der Waals surface area contributed by atoms with Crippen molar-refractivity contribution in [3.8, 4) is 17.0 Å². The quantitative estimate of drug-likeness (QED) is 0.626. The zero-order chi connectivity index (χ0) is 15.0. The van der Waals surface area contributed by atoms with Crippen LogP contribution in [0.5, 0.6) is 5.75 Å². The van der Waals surface area contributed by atoms with Crippen LogP contribution in [0.4, 0.5) is 13.2 Å². The summed E-state index contributed by atoms with van der Waals surface area (Å²) in [6.45, 7) is 0. The summed E-state index contributed by atoms with van der Waals surface area (Å²) in [5, 5.41) is 1.85. The topological polar surface area (TPSA) is 35.0 Å². The molecule has 0 N–H and O–H groups in total. The van der Waals surface area contributed by atoms with Crippen molar-refractivity contribution in [2.24, 2.45) is 0 Å². The van der Waals surface area contributed by atoms with Gasteiger partial charge in [0.05, 0.1) is 15.9 Å². The van der Waals surface area contributed by atoms with Crippen LogP contribution in [0.25, 0.3) is 21.5 Å². The van der Waals surface area contributed by atoms with Crippen LogP contribution in [0.3, 0.4) is 0 Å². The molecule has 3 aromatic rings. The van der Waals surface area contributed by atoms with E-state index in [1.165, 1.54) is 29.5 Å². The number of rotatable bonds is 2. The van der Waals surface area contributed by atoms with Gasteiger partial charge in [-0.25, -0.2) is 9.97 Å². The number of benzene rings is 1. The fourth-order valence-corrected chi connectivity index (χ4v) is 2.89. The minimum absolute atomic E-state index is 0.0399. The van der Waals surface area contributed by atoms with E-state index in [-0.39, 0.29) is 11.0 Å². The highest BCUT2D eigenvalue weighted by molar-refractivity contribution is 7.17. The lowest BCUT2D eigenvalue weighted by atomic mass is 10.1. The Morgan fingerprint density at radius 1 is 1.14 bits per heavy atom. The smallest absolute Gasteiger partial charge is 0.406 e. The van der Waals surface area contributed by atoms with E-state index in [0.29, 0.717) is 16.8 Å². The molecule has 0 saturated carbocycles. The van der Waals surface area contributed by atoms with E-state index < -0.39 is 6.36 Å². The average Bonchev–Trinajstić information content (AvgIpc) is 2.84. The maximum absolute atomic E-state index is 12.3. The van der Waals surface area contributed by atoms with Crippen LogP contribution in [0.15, 0.2) is 35.7 Å². The summed E-state index contributed by atoms with van der Waals surface area (Å²) in [6, 6.07) is 7.37. The Hall–Kier alpha value is -1.86. The van der Waals surface area contributed by atoms with Crippen molar-refractivity contribution in [3.05, 3.63) is 41.0 Å². The molecule has 0 amide bonds. The van der Waals surface area contributed by atoms with Gasteiger partial charge in [-0.1, -0.05) is 12.1 Å². The van der Waals surface area contributed by atoms with Crippen molar-refractivity contribution >= 4 is 33.2 Å². The predicted molar refractivity (Wildman–Crippen MR) is 74.5 cm³/mol. The Labute approximate surface area is 126 Å². The summed E-state index contributed by atoms with van der Waals surface area (Å²) in [4.78, 5) is 8.17. The molecule has 0 spiro atoms. The fourth-order valence-electron chi connectivity index (χ4n) is 1.87. The van der Waals surface area contributed by atoms with Crippen LogP contribution in [-0.4, -0.2) is 16.3 Å². The van der Waals surface area contributed by atoms with Crippen LogP contribution >= 0.6 is 22.9 Å². The Morgan fingerprint density at radius 2 is 1.95 bits per heavy atom. The molecule has 0 saturated heterocycles. The second-order valence-electron chi connectivity index (χ2n) is 4.05. The first kappa shape index (κ1) is 14.1. The summed E-state index contributed by atoms with van der Waals surface area (Å²) >= 11 is 7.24. The molecule has 21 heavy (non-hydrogen) atoms. The standard InChI is InChI=1S/C13H6ClF3N2OS/c14-12-18-9-4-5-21-11(9)10(19-12)7-2-1-3-8(6-7)20-13(15,16)17/h1-6H. The van der Waals surface area contributed by atoms with Gasteiger partial charge >= 0.3 is 6.36 Å². The third-order valence-corrected chi connectivity index (χ3v) is 3.70. The van der Waals surface area contributed by atoms with Crippen LogP contribution < -0.4 is 4.74 Å². The largest absolute Gasteiger partial charge is 0.573 e. The molecule has 2 heterocycles. The van der Waals surface area contributed by atoms with Crippen molar-refractivity contribution in [1.29, 1.82) is 0 Å².